The Labute approximate surface area is 217 Å². The van der Waals surface area contributed by atoms with Gasteiger partial charge in [-0.2, -0.15) is 5.10 Å². The van der Waals surface area contributed by atoms with Crippen molar-refractivity contribution in [2.75, 3.05) is 19.7 Å². The number of piperidine rings is 1. The number of benzene rings is 1. The van der Waals surface area contributed by atoms with Crippen molar-refractivity contribution >= 4 is 6.09 Å². The van der Waals surface area contributed by atoms with Gasteiger partial charge in [-0.15, -0.1) is 0 Å². The third kappa shape index (κ3) is 5.07. The summed E-state index contributed by atoms with van der Waals surface area (Å²) in [5.74, 6) is 2.95. The Hall–Kier alpha value is -3.40. The molecule has 0 spiro atoms. The molecule has 1 aromatic carbocycles. The number of nitrogens with zero attached hydrogens (tertiary/aromatic N) is 6. The molecule has 37 heavy (non-hydrogen) atoms. The summed E-state index contributed by atoms with van der Waals surface area (Å²) < 4.78 is 15.6. The Morgan fingerprint density at radius 1 is 1.19 bits per heavy atom. The lowest BCUT2D eigenvalue weighted by Crippen LogP contribution is -2.47. The maximum Gasteiger partial charge on any atom is 0.410 e. The summed E-state index contributed by atoms with van der Waals surface area (Å²) in [4.78, 5) is 23.6. The van der Waals surface area contributed by atoms with E-state index in [4.69, 9.17) is 14.5 Å². The maximum absolute atomic E-state index is 12.5. The van der Waals surface area contributed by atoms with Crippen molar-refractivity contribution in [3.05, 3.63) is 35.8 Å². The van der Waals surface area contributed by atoms with Crippen molar-refractivity contribution in [2.24, 2.45) is 0 Å². The second-order valence-electron chi connectivity index (χ2n) is 11.2. The molecule has 4 heterocycles. The fourth-order valence-electron chi connectivity index (χ4n) is 5.01. The van der Waals surface area contributed by atoms with Crippen LogP contribution in [0.25, 0.3) is 22.9 Å². The van der Waals surface area contributed by atoms with E-state index in [0.717, 1.165) is 40.0 Å². The van der Waals surface area contributed by atoms with Gasteiger partial charge in [0, 0.05) is 24.7 Å². The molecule has 0 radical (unpaired) electrons. The van der Waals surface area contributed by atoms with E-state index in [-0.39, 0.29) is 24.6 Å². The number of aliphatic hydroxyl groups is 1. The van der Waals surface area contributed by atoms with Crippen molar-refractivity contribution in [3.63, 3.8) is 0 Å². The zero-order valence-electron chi connectivity index (χ0n) is 22.4. The molecule has 1 fully saturated rings. The van der Waals surface area contributed by atoms with Gasteiger partial charge < -0.3 is 24.0 Å². The Balaban J connectivity index is 1.39. The van der Waals surface area contributed by atoms with Gasteiger partial charge in [0.1, 0.15) is 35.3 Å². The lowest BCUT2D eigenvalue weighted by Gasteiger charge is -2.37. The monoisotopic (exact) mass is 508 g/mol. The van der Waals surface area contributed by atoms with Gasteiger partial charge >= 0.3 is 6.09 Å². The van der Waals surface area contributed by atoms with E-state index in [2.05, 4.69) is 28.5 Å². The maximum atomic E-state index is 12.5. The van der Waals surface area contributed by atoms with Crippen LogP contribution in [0.2, 0.25) is 0 Å². The molecule has 3 aromatic rings. The highest BCUT2D eigenvalue weighted by molar-refractivity contribution is 5.70. The number of carbonyl (C=O) groups is 1. The summed E-state index contributed by atoms with van der Waals surface area (Å²) in [6, 6.07) is 6.23. The first-order valence-corrected chi connectivity index (χ1v) is 12.9. The van der Waals surface area contributed by atoms with Gasteiger partial charge in [0.25, 0.3) is 0 Å². The van der Waals surface area contributed by atoms with E-state index in [9.17, 15) is 9.90 Å². The summed E-state index contributed by atoms with van der Waals surface area (Å²) >= 11 is 0. The van der Waals surface area contributed by atoms with Gasteiger partial charge in [-0.3, -0.25) is 0 Å². The van der Waals surface area contributed by atoms with Crippen LogP contribution in [0.4, 0.5) is 4.79 Å². The van der Waals surface area contributed by atoms with Gasteiger partial charge in [-0.05, 0) is 65.7 Å². The van der Waals surface area contributed by atoms with Crippen LogP contribution in [0.1, 0.15) is 64.4 Å². The van der Waals surface area contributed by atoms with E-state index >= 15 is 0 Å². The van der Waals surface area contributed by atoms with Crippen LogP contribution in [0.15, 0.2) is 24.4 Å². The lowest BCUT2D eigenvalue weighted by molar-refractivity contribution is -0.00154. The standard InChI is InChI=1S/C27H36N6O4/c1-16(2)33-25(28-17(3)30-33)21-14-31-11-12-36-23-13-18(7-8-20(23)24(31)29-21)19-9-10-32(15-22(19)34)26(35)37-27(4,5)6/h7-8,13-14,16,19,22,34H,9-12,15H2,1-6H3/t19-,22+/m1/s1. The zero-order valence-corrected chi connectivity index (χ0v) is 22.4. The largest absolute Gasteiger partial charge is 0.491 e. The van der Waals surface area contributed by atoms with E-state index in [1.807, 2.05) is 56.8 Å². The van der Waals surface area contributed by atoms with Crippen molar-refractivity contribution < 1.29 is 19.4 Å². The molecule has 5 rings (SSSR count). The van der Waals surface area contributed by atoms with Gasteiger partial charge in [0.05, 0.1) is 24.8 Å². The van der Waals surface area contributed by atoms with Crippen molar-refractivity contribution in [1.29, 1.82) is 0 Å². The highest BCUT2D eigenvalue weighted by Gasteiger charge is 2.34. The van der Waals surface area contributed by atoms with Crippen molar-refractivity contribution in [2.45, 2.75) is 78.2 Å². The normalized spacial score (nSPS) is 19.7. The summed E-state index contributed by atoms with van der Waals surface area (Å²) in [5, 5.41) is 15.5. The Morgan fingerprint density at radius 2 is 1.97 bits per heavy atom. The van der Waals surface area contributed by atoms with Crippen LogP contribution in [0.3, 0.4) is 0 Å². The third-order valence-electron chi connectivity index (χ3n) is 6.73. The second-order valence-corrected chi connectivity index (χ2v) is 11.2. The topological polar surface area (TPSA) is 108 Å². The SMILES string of the molecule is Cc1nc(-c2cn3c(n2)-c2ccc([C@H]4CCN(C(=O)OC(C)(C)C)C[C@@H]4O)cc2OCC3)n(C(C)C)n1. The molecule has 1 N–H and O–H groups in total. The number of carbonyl (C=O) groups excluding carboxylic acids is 1. The molecule has 10 nitrogen and oxygen atoms in total. The summed E-state index contributed by atoms with van der Waals surface area (Å²) in [6.45, 7) is 13.5. The van der Waals surface area contributed by atoms with Crippen LogP contribution in [0.5, 0.6) is 5.75 Å². The average molecular weight is 509 g/mol. The highest BCUT2D eigenvalue weighted by Crippen LogP contribution is 2.38. The Kier molecular flexibility index (Phi) is 6.47. The number of likely N-dealkylation sites (tertiary alicyclic amines) is 1. The summed E-state index contributed by atoms with van der Waals surface area (Å²) in [6.07, 6.45) is 1.58. The third-order valence-corrected chi connectivity index (χ3v) is 6.73. The first kappa shape index (κ1) is 25.3. The van der Waals surface area contributed by atoms with Crippen LogP contribution in [0, 0.1) is 6.92 Å². The van der Waals surface area contributed by atoms with E-state index in [1.165, 1.54) is 0 Å². The number of amides is 1. The van der Waals surface area contributed by atoms with Crippen LogP contribution >= 0.6 is 0 Å². The van der Waals surface area contributed by atoms with Gasteiger partial charge in [-0.25, -0.2) is 19.4 Å². The van der Waals surface area contributed by atoms with E-state index < -0.39 is 11.7 Å². The molecular weight excluding hydrogens is 472 g/mol. The quantitative estimate of drug-likeness (QED) is 0.566. The van der Waals surface area contributed by atoms with Gasteiger partial charge in [0.2, 0.25) is 0 Å². The first-order valence-electron chi connectivity index (χ1n) is 12.9. The zero-order chi connectivity index (χ0) is 26.5. The number of aliphatic hydroxyl groups excluding tert-OH is 1. The minimum atomic E-state index is -0.690. The average Bonchev–Trinajstić information content (AvgIpc) is 3.37. The molecule has 2 aliphatic rings. The Morgan fingerprint density at radius 3 is 2.68 bits per heavy atom. The summed E-state index contributed by atoms with van der Waals surface area (Å²) in [7, 11) is 0. The van der Waals surface area contributed by atoms with E-state index in [0.29, 0.717) is 26.1 Å². The molecule has 198 valence electrons. The number of β-amino-alcohol motifs (C(OH)–C–C–N with tert-alkyl or cyclic N) is 1. The van der Waals surface area contributed by atoms with Crippen LogP contribution in [-0.4, -0.2) is 71.8 Å². The fraction of sp³-hybridized carbons (Fsp3) is 0.556. The number of hydrogen-bond donors (Lipinski definition) is 1. The fourth-order valence-corrected chi connectivity index (χ4v) is 5.01. The van der Waals surface area contributed by atoms with Crippen LogP contribution < -0.4 is 4.74 Å². The molecule has 0 saturated carbocycles. The number of ether oxygens (including phenoxy) is 2. The molecule has 2 aliphatic heterocycles. The van der Waals surface area contributed by atoms with Crippen LogP contribution in [-0.2, 0) is 11.3 Å². The van der Waals surface area contributed by atoms with Gasteiger partial charge in [-0.1, -0.05) is 6.07 Å². The van der Waals surface area contributed by atoms with Crippen molar-refractivity contribution in [1.82, 2.24) is 29.2 Å². The molecule has 2 atom stereocenters. The molecule has 10 heteroatoms. The van der Waals surface area contributed by atoms with E-state index in [1.54, 1.807) is 4.90 Å². The number of hydrogen-bond acceptors (Lipinski definition) is 7. The molecular formula is C27H36N6O4. The number of imidazole rings is 1. The minimum absolute atomic E-state index is 0.0984. The number of rotatable bonds is 3. The molecule has 0 bridgehead atoms. The van der Waals surface area contributed by atoms with Gasteiger partial charge in [0.15, 0.2) is 5.82 Å². The Bertz CT molecular complexity index is 1300. The van der Waals surface area contributed by atoms with Crippen molar-refractivity contribution in [3.8, 4) is 28.7 Å². The molecule has 1 amide bonds. The number of fused-ring (bicyclic) bond motifs is 3. The number of aromatic nitrogens is 5. The smallest absolute Gasteiger partial charge is 0.410 e. The highest BCUT2D eigenvalue weighted by atomic mass is 16.6. The summed E-state index contributed by atoms with van der Waals surface area (Å²) in [5.41, 5.74) is 2.11. The predicted molar refractivity (Wildman–Crippen MR) is 138 cm³/mol. The molecule has 0 unspecified atom stereocenters. The second kappa shape index (κ2) is 9.48. The predicted octanol–water partition coefficient (Wildman–Crippen LogP) is 4.18. The minimum Gasteiger partial charge on any atom is -0.491 e. The molecule has 1 saturated heterocycles. The molecule has 0 aliphatic carbocycles. The first-order chi connectivity index (χ1) is 17.5. The molecule has 2 aromatic heterocycles. The number of aryl methyl sites for hydroxylation is 1. The lowest BCUT2D eigenvalue weighted by atomic mass is 9.86.